The van der Waals surface area contributed by atoms with Crippen molar-refractivity contribution in [1.29, 1.82) is 0 Å². The monoisotopic (exact) mass is 357 g/mol. The van der Waals surface area contributed by atoms with Gasteiger partial charge in [-0.3, -0.25) is 4.57 Å². The van der Waals surface area contributed by atoms with Crippen molar-refractivity contribution in [3.05, 3.63) is 18.2 Å². The number of morpholine rings is 1. The number of guanidine groups is 1. The van der Waals surface area contributed by atoms with Crippen molar-refractivity contribution in [2.45, 2.75) is 45.1 Å². The minimum Gasteiger partial charge on any atom is -0.375 e. The summed E-state index contributed by atoms with van der Waals surface area (Å²) in [4.78, 5) is 10.6. The molecule has 0 aliphatic carbocycles. The van der Waals surface area contributed by atoms with Crippen molar-refractivity contribution in [2.24, 2.45) is 4.99 Å². The second-order valence-corrected chi connectivity index (χ2v) is 6.11. The van der Waals surface area contributed by atoms with E-state index in [0.717, 1.165) is 24.0 Å². The Labute approximate surface area is 146 Å². The summed E-state index contributed by atoms with van der Waals surface area (Å²) in [6.07, 6.45) is 4.86. The van der Waals surface area contributed by atoms with E-state index < -0.39 is 6.55 Å². The maximum atomic E-state index is 12.9. The number of aromatic nitrogens is 2. The smallest absolute Gasteiger partial charge is 0.319 e. The van der Waals surface area contributed by atoms with Crippen LogP contribution < -0.4 is 5.32 Å². The summed E-state index contributed by atoms with van der Waals surface area (Å²) in [5, 5.41) is 3.23. The lowest BCUT2D eigenvalue weighted by Gasteiger charge is -2.37. The van der Waals surface area contributed by atoms with Crippen LogP contribution in [0.5, 0.6) is 0 Å². The lowest BCUT2D eigenvalue weighted by molar-refractivity contribution is -0.0817. The number of hydrogen-bond donors (Lipinski definition) is 1. The predicted octanol–water partition coefficient (Wildman–Crippen LogP) is 1.62. The summed E-state index contributed by atoms with van der Waals surface area (Å²) in [5.74, 6) is 0.937. The van der Waals surface area contributed by atoms with Crippen molar-refractivity contribution in [3.63, 3.8) is 0 Å². The van der Waals surface area contributed by atoms with Gasteiger partial charge in [0, 0.05) is 38.6 Å². The van der Waals surface area contributed by atoms with Gasteiger partial charge in [0.15, 0.2) is 5.96 Å². The molecule has 2 unspecified atom stereocenters. The van der Waals surface area contributed by atoms with Crippen LogP contribution in [0.2, 0.25) is 0 Å². The van der Waals surface area contributed by atoms with Gasteiger partial charge in [-0.05, 0) is 19.8 Å². The second kappa shape index (κ2) is 8.57. The first kappa shape index (κ1) is 18.1. The molecule has 2 aliphatic heterocycles. The molecule has 0 aromatic carbocycles. The van der Waals surface area contributed by atoms with Crippen LogP contribution in [0.3, 0.4) is 0 Å². The van der Waals surface area contributed by atoms with Crippen molar-refractivity contribution in [2.75, 3.05) is 32.8 Å². The fourth-order valence-corrected chi connectivity index (χ4v) is 3.20. The first-order valence-electron chi connectivity index (χ1n) is 8.75. The van der Waals surface area contributed by atoms with Crippen molar-refractivity contribution in [3.8, 4) is 0 Å². The van der Waals surface area contributed by atoms with Crippen molar-refractivity contribution < 1.29 is 18.3 Å². The number of ether oxygens (including phenoxy) is 2. The molecule has 3 rings (SSSR count). The average molecular weight is 357 g/mol. The highest BCUT2D eigenvalue weighted by Crippen LogP contribution is 2.21. The molecule has 140 valence electrons. The SMILES string of the molecule is CCNC(=NCc1nccn1C(F)F)N1CCOC(C2CCCO2)C1. The fourth-order valence-electron chi connectivity index (χ4n) is 3.20. The highest BCUT2D eigenvalue weighted by Gasteiger charge is 2.32. The van der Waals surface area contributed by atoms with E-state index in [1.807, 2.05) is 6.92 Å². The van der Waals surface area contributed by atoms with Gasteiger partial charge in [-0.2, -0.15) is 8.78 Å². The minimum absolute atomic E-state index is 0.0168. The van der Waals surface area contributed by atoms with Crippen LogP contribution in [0.25, 0.3) is 0 Å². The number of halogens is 2. The van der Waals surface area contributed by atoms with Crippen LogP contribution in [0, 0.1) is 0 Å². The molecule has 2 saturated heterocycles. The summed E-state index contributed by atoms with van der Waals surface area (Å²) < 4.78 is 38.3. The van der Waals surface area contributed by atoms with E-state index in [9.17, 15) is 8.78 Å². The van der Waals surface area contributed by atoms with Gasteiger partial charge in [-0.15, -0.1) is 0 Å². The lowest BCUT2D eigenvalue weighted by Crippen LogP contribution is -2.53. The van der Waals surface area contributed by atoms with E-state index in [-0.39, 0.29) is 24.6 Å². The van der Waals surface area contributed by atoms with Gasteiger partial charge in [0.25, 0.3) is 0 Å². The van der Waals surface area contributed by atoms with Crippen LogP contribution in [0.1, 0.15) is 32.1 Å². The molecule has 0 saturated carbocycles. The van der Waals surface area contributed by atoms with Gasteiger partial charge >= 0.3 is 6.55 Å². The summed E-state index contributed by atoms with van der Waals surface area (Å²) in [6.45, 7) is 2.94. The van der Waals surface area contributed by atoms with Gasteiger partial charge < -0.3 is 19.7 Å². The Balaban J connectivity index is 1.67. The average Bonchev–Trinajstić information content (AvgIpc) is 3.30. The first-order valence-corrected chi connectivity index (χ1v) is 8.75. The number of hydrogen-bond acceptors (Lipinski definition) is 4. The minimum atomic E-state index is -2.61. The maximum absolute atomic E-state index is 12.9. The van der Waals surface area contributed by atoms with Gasteiger partial charge in [0.1, 0.15) is 18.5 Å². The van der Waals surface area contributed by atoms with Gasteiger partial charge in [-0.25, -0.2) is 9.98 Å². The number of nitrogens with one attached hydrogen (secondary N) is 1. The van der Waals surface area contributed by atoms with E-state index in [1.54, 1.807) is 0 Å². The third kappa shape index (κ3) is 4.46. The van der Waals surface area contributed by atoms with Crippen LogP contribution in [-0.4, -0.2) is 65.5 Å². The molecule has 1 aromatic rings. The van der Waals surface area contributed by atoms with E-state index in [0.29, 0.717) is 32.2 Å². The van der Waals surface area contributed by atoms with Crippen molar-refractivity contribution in [1.82, 2.24) is 19.8 Å². The molecule has 9 heteroatoms. The molecule has 25 heavy (non-hydrogen) atoms. The summed E-state index contributed by atoms with van der Waals surface area (Å²) in [6, 6.07) is 0. The number of rotatable bonds is 5. The molecule has 0 radical (unpaired) electrons. The Morgan fingerprint density at radius 1 is 1.40 bits per heavy atom. The third-order valence-corrected chi connectivity index (χ3v) is 4.44. The Morgan fingerprint density at radius 2 is 2.24 bits per heavy atom. The highest BCUT2D eigenvalue weighted by molar-refractivity contribution is 5.80. The number of imidazole rings is 1. The van der Waals surface area contributed by atoms with Gasteiger partial charge in [0.05, 0.1) is 12.7 Å². The number of nitrogens with zero attached hydrogens (tertiary/aromatic N) is 4. The molecule has 2 atom stereocenters. The molecular weight excluding hydrogens is 332 g/mol. The lowest BCUT2D eigenvalue weighted by atomic mass is 10.1. The molecule has 2 aliphatic rings. The maximum Gasteiger partial charge on any atom is 0.319 e. The quantitative estimate of drug-likeness (QED) is 0.641. The van der Waals surface area contributed by atoms with Gasteiger partial charge in [-0.1, -0.05) is 0 Å². The molecule has 0 bridgehead atoms. The van der Waals surface area contributed by atoms with Crippen LogP contribution in [0.4, 0.5) is 8.78 Å². The zero-order valence-electron chi connectivity index (χ0n) is 14.4. The summed E-state index contributed by atoms with van der Waals surface area (Å²) >= 11 is 0. The normalized spacial score (nSPS) is 25.0. The van der Waals surface area contributed by atoms with E-state index in [4.69, 9.17) is 9.47 Å². The molecule has 1 aromatic heterocycles. The topological polar surface area (TPSA) is 63.9 Å². The molecule has 2 fully saturated rings. The second-order valence-electron chi connectivity index (χ2n) is 6.11. The molecule has 7 nitrogen and oxygen atoms in total. The Kier molecular flexibility index (Phi) is 6.19. The van der Waals surface area contributed by atoms with E-state index >= 15 is 0 Å². The predicted molar refractivity (Wildman–Crippen MR) is 88.6 cm³/mol. The Morgan fingerprint density at radius 3 is 2.96 bits per heavy atom. The van der Waals surface area contributed by atoms with Crippen LogP contribution in [0.15, 0.2) is 17.4 Å². The summed E-state index contributed by atoms with van der Waals surface area (Å²) in [5.41, 5.74) is 0. The molecular formula is C16H25F2N5O2. The standard InChI is InChI=1S/C16H25F2N5O2/c1-2-19-16(21-10-14-20-5-6-23(14)15(17)18)22-7-9-25-13(11-22)12-4-3-8-24-12/h5-6,12-13,15H,2-4,7-11H2,1H3,(H,19,21). The Hall–Kier alpha value is -1.74. The highest BCUT2D eigenvalue weighted by atomic mass is 19.3. The molecule has 0 spiro atoms. The van der Waals surface area contributed by atoms with E-state index in [1.165, 1.54) is 12.4 Å². The van der Waals surface area contributed by atoms with Crippen LogP contribution in [-0.2, 0) is 16.0 Å². The van der Waals surface area contributed by atoms with Gasteiger partial charge in [0.2, 0.25) is 0 Å². The molecule has 0 amide bonds. The van der Waals surface area contributed by atoms with Crippen LogP contribution >= 0.6 is 0 Å². The van der Waals surface area contributed by atoms with Crippen molar-refractivity contribution >= 4 is 5.96 Å². The third-order valence-electron chi connectivity index (χ3n) is 4.44. The van der Waals surface area contributed by atoms with E-state index in [2.05, 4.69) is 20.2 Å². The largest absolute Gasteiger partial charge is 0.375 e. The fraction of sp³-hybridized carbons (Fsp3) is 0.750. The first-order chi connectivity index (χ1) is 12.2. The molecule has 3 heterocycles. The zero-order valence-corrected chi connectivity index (χ0v) is 14.4. The molecule has 1 N–H and O–H groups in total. The summed E-state index contributed by atoms with van der Waals surface area (Å²) in [7, 11) is 0. The number of alkyl halides is 2. The Bertz CT molecular complexity index is 575. The number of aliphatic imine (C=N–C) groups is 1. The zero-order chi connectivity index (χ0) is 17.6.